The first kappa shape index (κ1) is 10.6. The van der Waals surface area contributed by atoms with Gasteiger partial charge in [-0.05, 0) is 6.92 Å². The standard InChI is InChI=1S/C9H11NO4/c1-6(7(2)11)5-14-10-8(12)3-4-9(10)13/h1,3-5H2,2H3. The molecule has 0 aromatic heterocycles. The minimum Gasteiger partial charge on any atom is -0.295 e. The predicted molar refractivity (Wildman–Crippen MR) is 46.9 cm³/mol. The molecule has 1 aliphatic heterocycles. The van der Waals surface area contributed by atoms with Crippen LogP contribution in [0.3, 0.4) is 0 Å². The smallest absolute Gasteiger partial charge is 0.254 e. The van der Waals surface area contributed by atoms with Gasteiger partial charge in [-0.1, -0.05) is 6.58 Å². The van der Waals surface area contributed by atoms with Gasteiger partial charge in [0, 0.05) is 18.4 Å². The summed E-state index contributed by atoms with van der Waals surface area (Å²) in [5, 5.41) is 0.703. The largest absolute Gasteiger partial charge is 0.295 e. The fourth-order valence-corrected chi connectivity index (χ4v) is 0.944. The maximum Gasteiger partial charge on any atom is 0.254 e. The van der Waals surface area contributed by atoms with Crippen LogP contribution in [0.4, 0.5) is 0 Å². The normalized spacial score (nSPS) is 16.2. The van der Waals surface area contributed by atoms with E-state index in [1.807, 2.05) is 0 Å². The molecule has 0 N–H and O–H groups in total. The summed E-state index contributed by atoms with van der Waals surface area (Å²) < 4.78 is 0. The van der Waals surface area contributed by atoms with E-state index in [9.17, 15) is 14.4 Å². The Morgan fingerprint density at radius 1 is 1.43 bits per heavy atom. The molecule has 1 rings (SSSR count). The van der Waals surface area contributed by atoms with Crippen molar-refractivity contribution in [2.75, 3.05) is 6.61 Å². The summed E-state index contributed by atoms with van der Waals surface area (Å²) in [4.78, 5) is 37.7. The Balaban J connectivity index is 2.45. The van der Waals surface area contributed by atoms with Crippen LogP contribution < -0.4 is 0 Å². The number of carbonyl (C=O) groups is 3. The van der Waals surface area contributed by atoms with Crippen LogP contribution in [-0.2, 0) is 19.2 Å². The Morgan fingerprint density at radius 3 is 2.36 bits per heavy atom. The van der Waals surface area contributed by atoms with Crippen LogP contribution in [0.1, 0.15) is 19.8 Å². The fraction of sp³-hybridized carbons (Fsp3) is 0.444. The molecule has 0 aromatic rings. The zero-order valence-electron chi connectivity index (χ0n) is 7.91. The molecular weight excluding hydrogens is 186 g/mol. The van der Waals surface area contributed by atoms with E-state index >= 15 is 0 Å². The van der Waals surface area contributed by atoms with E-state index in [1.165, 1.54) is 6.92 Å². The molecule has 76 valence electrons. The first-order valence-corrected chi connectivity index (χ1v) is 4.20. The molecule has 0 unspecified atom stereocenters. The monoisotopic (exact) mass is 197 g/mol. The van der Waals surface area contributed by atoms with Gasteiger partial charge in [-0.3, -0.25) is 19.2 Å². The van der Waals surface area contributed by atoms with Gasteiger partial charge in [0.05, 0.1) is 0 Å². The lowest BCUT2D eigenvalue weighted by Gasteiger charge is -2.12. The third-order valence-electron chi connectivity index (χ3n) is 1.87. The molecule has 0 aromatic carbocycles. The van der Waals surface area contributed by atoms with Gasteiger partial charge in [0.25, 0.3) is 11.8 Å². The number of carbonyl (C=O) groups excluding carboxylic acids is 3. The van der Waals surface area contributed by atoms with E-state index in [0.717, 1.165) is 0 Å². The number of nitrogens with zero attached hydrogens (tertiary/aromatic N) is 1. The summed E-state index contributed by atoms with van der Waals surface area (Å²) >= 11 is 0. The first-order chi connectivity index (χ1) is 6.52. The van der Waals surface area contributed by atoms with Gasteiger partial charge in [-0.2, -0.15) is 5.06 Å². The molecule has 0 bridgehead atoms. The number of hydrogen-bond donors (Lipinski definition) is 0. The second-order valence-electron chi connectivity index (χ2n) is 3.02. The van der Waals surface area contributed by atoms with Crippen LogP contribution in [0, 0.1) is 0 Å². The second-order valence-corrected chi connectivity index (χ2v) is 3.02. The molecule has 0 radical (unpaired) electrons. The van der Waals surface area contributed by atoms with Crippen LogP contribution in [0.2, 0.25) is 0 Å². The first-order valence-electron chi connectivity index (χ1n) is 4.20. The highest BCUT2D eigenvalue weighted by molar-refractivity contribution is 6.00. The van der Waals surface area contributed by atoms with Crippen molar-refractivity contribution >= 4 is 17.6 Å². The molecule has 0 atom stereocenters. The minimum absolute atomic E-state index is 0.118. The van der Waals surface area contributed by atoms with Crippen LogP contribution in [-0.4, -0.2) is 29.3 Å². The zero-order valence-corrected chi connectivity index (χ0v) is 7.91. The number of amides is 2. The van der Waals surface area contributed by atoms with Gasteiger partial charge in [0.1, 0.15) is 6.61 Å². The molecule has 1 heterocycles. The predicted octanol–water partition coefficient (Wildman–Crippen LogP) is 0.212. The van der Waals surface area contributed by atoms with Crippen LogP contribution in [0.5, 0.6) is 0 Å². The topological polar surface area (TPSA) is 63.7 Å². The molecule has 1 saturated heterocycles. The molecule has 0 saturated carbocycles. The van der Waals surface area contributed by atoms with Gasteiger partial charge in [-0.25, -0.2) is 0 Å². The van der Waals surface area contributed by atoms with Gasteiger partial charge >= 0.3 is 0 Å². The number of Topliss-reactive ketones (excluding diaryl/α,β-unsaturated/α-hetero) is 1. The second kappa shape index (κ2) is 4.15. The maximum atomic E-state index is 11.0. The lowest BCUT2D eigenvalue weighted by Crippen LogP contribution is -2.30. The zero-order chi connectivity index (χ0) is 10.7. The van der Waals surface area contributed by atoms with Crippen molar-refractivity contribution < 1.29 is 19.2 Å². The molecule has 2 amide bonds. The highest BCUT2D eigenvalue weighted by Crippen LogP contribution is 2.12. The van der Waals surface area contributed by atoms with E-state index in [-0.39, 0.29) is 42.6 Å². The number of imide groups is 1. The summed E-state index contributed by atoms with van der Waals surface area (Å²) in [6, 6.07) is 0. The average Bonchev–Trinajstić information content (AvgIpc) is 2.43. The van der Waals surface area contributed by atoms with Crippen molar-refractivity contribution in [3.63, 3.8) is 0 Å². The van der Waals surface area contributed by atoms with Crippen LogP contribution >= 0.6 is 0 Å². The van der Waals surface area contributed by atoms with Crippen molar-refractivity contribution in [1.29, 1.82) is 0 Å². The van der Waals surface area contributed by atoms with E-state index in [1.54, 1.807) is 0 Å². The number of hydrogen-bond acceptors (Lipinski definition) is 4. The fourth-order valence-electron chi connectivity index (χ4n) is 0.944. The Kier molecular flexibility index (Phi) is 3.14. The average molecular weight is 197 g/mol. The van der Waals surface area contributed by atoms with Gasteiger partial charge < -0.3 is 0 Å². The minimum atomic E-state index is -0.369. The summed E-state index contributed by atoms with van der Waals surface area (Å²) in [6.07, 6.45) is 0.344. The molecule has 5 nitrogen and oxygen atoms in total. The Bertz CT molecular complexity index is 292. The highest BCUT2D eigenvalue weighted by atomic mass is 16.7. The lowest BCUT2D eigenvalue weighted by molar-refractivity contribution is -0.185. The highest BCUT2D eigenvalue weighted by Gasteiger charge is 2.30. The van der Waals surface area contributed by atoms with Gasteiger partial charge in [-0.15, -0.1) is 0 Å². The van der Waals surface area contributed by atoms with Crippen LogP contribution in [0.25, 0.3) is 0 Å². The molecule has 14 heavy (non-hydrogen) atoms. The van der Waals surface area contributed by atoms with Crippen molar-refractivity contribution in [3.8, 4) is 0 Å². The maximum absolute atomic E-state index is 11.0. The van der Waals surface area contributed by atoms with Gasteiger partial charge in [0.15, 0.2) is 5.78 Å². The summed E-state index contributed by atoms with van der Waals surface area (Å²) in [5.41, 5.74) is 0.234. The molecular formula is C9H11NO4. The van der Waals surface area contributed by atoms with Crippen molar-refractivity contribution in [3.05, 3.63) is 12.2 Å². The number of rotatable bonds is 4. The van der Waals surface area contributed by atoms with Crippen molar-refractivity contribution in [2.24, 2.45) is 0 Å². The van der Waals surface area contributed by atoms with E-state index in [2.05, 4.69) is 6.58 Å². The molecule has 1 aliphatic rings. The molecule has 5 heteroatoms. The summed E-state index contributed by atoms with van der Waals surface area (Å²) in [6.45, 7) is 4.67. The summed E-state index contributed by atoms with van der Waals surface area (Å²) in [7, 11) is 0. The number of hydroxylamine groups is 2. The molecule has 0 spiro atoms. The molecule has 0 aliphatic carbocycles. The van der Waals surface area contributed by atoms with Crippen molar-refractivity contribution in [2.45, 2.75) is 19.8 Å². The van der Waals surface area contributed by atoms with E-state index in [0.29, 0.717) is 5.06 Å². The van der Waals surface area contributed by atoms with E-state index < -0.39 is 0 Å². The number of ketones is 1. The Morgan fingerprint density at radius 2 is 1.93 bits per heavy atom. The SMILES string of the molecule is C=C(CON1C(=O)CCC1=O)C(C)=O. The van der Waals surface area contributed by atoms with Crippen LogP contribution in [0.15, 0.2) is 12.2 Å². The van der Waals surface area contributed by atoms with Gasteiger partial charge in [0.2, 0.25) is 0 Å². The van der Waals surface area contributed by atoms with E-state index in [4.69, 9.17) is 4.84 Å². The quantitative estimate of drug-likeness (QED) is 0.477. The third-order valence-corrected chi connectivity index (χ3v) is 1.87. The molecule has 1 fully saturated rings. The Labute approximate surface area is 81.3 Å². The summed E-state index contributed by atoms with van der Waals surface area (Å²) in [5.74, 6) is -0.957. The Hall–Kier alpha value is -1.49. The lowest BCUT2D eigenvalue weighted by atomic mass is 10.2. The third kappa shape index (κ3) is 2.26. The van der Waals surface area contributed by atoms with Crippen molar-refractivity contribution in [1.82, 2.24) is 5.06 Å².